The van der Waals surface area contributed by atoms with Gasteiger partial charge in [0.1, 0.15) is 24.2 Å². The zero-order chi connectivity index (χ0) is 20.8. The summed E-state index contributed by atoms with van der Waals surface area (Å²) in [5.74, 6) is -0.191. The van der Waals surface area contributed by atoms with E-state index in [0.29, 0.717) is 12.8 Å². The predicted molar refractivity (Wildman–Crippen MR) is 104 cm³/mol. The molecule has 1 saturated heterocycles. The minimum Gasteiger partial charge on any atom is -0.507 e. The number of aliphatic hydroxyl groups is 2. The average Bonchev–Trinajstić information content (AvgIpc) is 2.77. The van der Waals surface area contributed by atoms with Crippen molar-refractivity contribution in [3.63, 3.8) is 0 Å². The van der Waals surface area contributed by atoms with Crippen molar-refractivity contribution in [2.24, 2.45) is 0 Å². The summed E-state index contributed by atoms with van der Waals surface area (Å²) in [7, 11) is 0. The minimum absolute atomic E-state index is 0.0711. The first kappa shape index (κ1) is 20.8. The van der Waals surface area contributed by atoms with E-state index in [-0.39, 0.29) is 46.9 Å². The lowest BCUT2D eigenvalue weighted by molar-refractivity contribution is 0.0510. The largest absolute Gasteiger partial charge is 0.507 e. The molecular weight excluding hydrogens is 376 g/mol. The number of phenols is 1. The van der Waals surface area contributed by atoms with Crippen LogP contribution in [0.25, 0.3) is 0 Å². The van der Waals surface area contributed by atoms with Gasteiger partial charge in [0, 0.05) is 12.7 Å². The molecule has 1 aromatic carbocycles. The molecule has 0 aliphatic carbocycles. The van der Waals surface area contributed by atoms with Gasteiger partial charge in [0.15, 0.2) is 6.29 Å². The fourth-order valence-electron chi connectivity index (χ4n) is 3.51. The van der Waals surface area contributed by atoms with E-state index < -0.39 is 12.7 Å². The first-order valence-electron chi connectivity index (χ1n) is 9.51. The van der Waals surface area contributed by atoms with Gasteiger partial charge in [-0.25, -0.2) is 0 Å². The van der Waals surface area contributed by atoms with Gasteiger partial charge in [-0.15, -0.1) is 0 Å². The molecule has 1 aliphatic rings. The maximum atomic E-state index is 13.2. The second kappa shape index (κ2) is 9.49. The third kappa shape index (κ3) is 4.55. The molecule has 1 amide bonds. The smallest absolute Gasteiger partial charge is 0.256 e. The Hall–Kier alpha value is -2.97. The van der Waals surface area contributed by atoms with Gasteiger partial charge in [-0.2, -0.15) is 0 Å². The molecule has 2 atom stereocenters. The highest BCUT2D eigenvalue weighted by Gasteiger charge is 2.30. The van der Waals surface area contributed by atoms with Crippen LogP contribution in [-0.2, 0) is 0 Å². The van der Waals surface area contributed by atoms with Crippen molar-refractivity contribution >= 4 is 12.2 Å². The molecular formula is C21H24N2O6. The molecule has 154 valence electrons. The second-order valence-corrected chi connectivity index (χ2v) is 6.90. The molecule has 1 aliphatic heterocycles. The third-order valence-electron chi connectivity index (χ3n) is 5.04. The van der Waals surface area contributed by atoms with E-state index in [4.69, 9.17) is 4.74 Å². The van der Waals surface area contributed by atoms with Crippen LogP contribution in [0.2, 0.25) is 0 Å². The van der Waals surface area contributed by atoms with Crippen LogP contribution in [0.5, 0.6) is 11.5 Å². The number of amides is 1. The molecule has 29 heavy (non-hydrogen) atoms. The fraction of sp³-hybridized carbons (Fsp3) is 0.381. The SMILES string of the molecule is O=Cc1c(O)cccc1OC[C@H]1CCCCN1C(=O)c1cccnc1[C@@H](O)CO. The standard InChI is InChI=1S/C21H24N2O6/c24-11-16-17(26)7-3-8-19(16)29-13-14-5-1-2-10-23(14)21(28)15-6-4-9-22-20(15)18(27)12-25/h3-4,6-9,11,14,18,25-27H,1-2,5,10,12-13H2/t14-,18+/m1/s1. The van der Waals surface area contributed by atoms with Gasteiger partial charge in [-0.3, -0.25) is 14.6 Å². The van der Waals surface area contributed by atoms with Crippen molar-refractivity contribution in [2.75, 3.05) is 19.8 Å². The summed E-state index contributed by atoms with van der Waals surface area (Å²) in [4.78, 5) is 30.2. The second-order valence-electron chi connectivity index (χ2n) is 6.90. The molecule has 0 radical (unpaired) electrons. The summed E-state index contributed by atoms with van der Waals surface area (Å²) in [5, 5.41) is 29.0. The highest BCUT2D eigenvalue weighted by atomic mass is 16.5. The van der Waals surface area contributed by atoms with Crippen LogP contribution < -0.4 is 4.74 Å². The third-order valence-corrected chi connectivity index (χ3v) is 5.04. The van der Waals surface area contributed by atoms with Crippen LogP contribution in [0.4, 0.5) is 0 Å². The van der Waals surface area contributed by atoms with Crippen molar-refractivity contribution in [3.05, 3.63) is 53.3 Å². The van der Waals surface area contributed by atoms with Gasteiger partial charge in [-0.1, -0.05) is 6.07 Å². The lowest BCUT2D eigenvalue weighted by Crippen LogP contribution is -2.47. The summed E-state index contributed by atoms with van der Waals surface area (Å²) >= 11 is 0. The number of piperidine rings is 1. The Labute approximate surface area is 168 Å². The number of phenolic OH excluding ortho intramolecular Hbond substituents is 1. The van der Waals surface area contributed by atoms with E-state index in [9.17, 15) is 24.9 Å². The number of hydrogen-bond acceptors (Lipinski definition) is 7. The highest BCUT2D eigenvalue weighted by molar-refractivity contribution is 5.95. The number of aromatic hydroxyl groups is 1. The lowest BCUT2D eigenvalue weighted by atomic mass is 10.00. The van der Waals surface area contributed by atoms with Crippen LogP contribution in [-0.4, -0.2) is 63.2 Å². The van der Waals surface area contributed by atoms with Gasteiger partial charge in [0.25, 0.3) is 5.91 Å². The molecule has 0 spiro atoms. The first-order chi connectivity index (χ1) is 14.1. The number of aliphatic hydroxyl groups excluding tert-OH is 2. The molecule has 1 aromatic heterocycles. The highest BCUT2D eigenvalue weighted by Crippen LogP contribution is 2.28. The molecule has 2 aromatic rings. The number of aldehydes is 1. The normalized spacial score (nSPS) is 17.6. The van der Waals surface area contributed by atoms with E-state index in [1.165, 1.54) is 12.3 Å². The van der Waals surface area contributed by atoms with E-state index in [0.717, 1.165) is 19.3 Å². The number of nitrogens with zero attached hydrogens (tertiary/aromatic N) is 2. The lowest BCUT2D eigenvalue weighted by Gasteiger charge is -2.36. The number of rotatable bonds is 7. The average molecular weight is 400 g/mol. The Bertz CT molecular complexity index is 872. The Balaban J connectivity index is 1.79. The molecule has 8 nitrogen and oxygen atoms in total. The maximum absolute atomic E-state index is 13.2. The molecule has 8 heteroatoms. The summed E-state index contributed by atoms with van der Waals surface area (Å²) in [6, 6.07) is 7.53. The molecule has 1 fully saturated rings. The van der Waals surface area contributed by atoms with Crippen molar-refractivity contribution in [1.29, 1.82) is 0 Å². The molecule has 0 unspecified atom stereocenters. The number of carbonyl (C=O) groups is 2. The predicted octanol–water partition coefficient (Wildman–Crippen LogP) is 1.70. The van der Waals surface area contributed by atoms with E-state index in [1.54, 1.807) is 29.2 Å². The monoisotopic (exact) mass is 400 g/mol. The van der Waals surface area contributed by atoms with E-state index in [2.05, 4.69) is 4.98 Å². The van der Waals surface area contributed by atoms with Gasteiger partial charge >= 0.3 is 0 Å². The number of benzene rings is 1. The Morgan fingerprint density at radius 3 is 2.90 bits per heavy atom. The summed E-state index contributed by atoms with van der Waals surface area (Å²) in [6.07, 6.45) is 3.25. The van der Waals surface area contributed by atoms with Crippen molar-refractivity contribution in [1.82, 2.24) is 9.88 Å². The Kier molecular flexibility index (Phi) is 6.79. The Morgan fingerprint density at radius 2 is 2.14 bits per heavy atom. The number of aromatic nitrogens is 1. The van der Waals surface area contributed by atoms with E-state index in [1.807, 2.05) is 0 Å². The van der Waals surface area contributed by atoms with Gasteiger partial charge in [0.05, 0.1) is 29.5 Å². The maximum Gasteiger partial charge on any atom is 0.256 e. The van der Waals surface area contributed by atoms with Crippen LogP contribution in [0.3, 0.4) is 0 Å². The number of likely N-dealkylation sites (tertiary alicyclic amines) is 1. The van der Waals surface area contributed by atoms with Crippen molar-refractivity contribution in [2.45, 2.75) is 31.4 Å². The van der Waals surface area contributed by atoms with Crippen molar-refractivity contribution in [3.8, 4) is 11.5 Å². The van der Waals surface area contributed by atoms with Crippen LogP contribution in [0, 0.1) is 0 Å². The summed E-state index contributed by atoms with van der Waals surface area (Å²) in [5.41, 5.74) is 0.454. The first-order valence-corrected chi connectivity index (χ1v) is 9.51. The zero-order valence-electron chi connectivity index (χ0n) is 15.9. The number of pyridine rings is 1. The number of ether oxygens (including phenoxy) is 1. The van der Waals surface area contributed by atoms with Gasteiger partial charge in [0.2, 0.25) is 0 Å². The molecule has 3 rings (SSSR count). The number of hydrogen-bond donors (Lipinski definition) is 3. The quantitative estimate of drug-likeness (QED) is 0.605. The van der Waals surface area contributed by atoms with Crippen molar-refractivity contribution < 1.29 is 29.6 Å². The van der Waals surface area contributed by atoms with Crippen LogP contribution in [0.1, 0.15) is 51.8 Å². The molecule has 3 N–H and O–H groups in total. The fourth-order valence-corrected chi connectivity index (χ4v) is 3.51. The van der Waals surface area contributed by atoms with E-state index >= 15 is 0 Å². The molecule has 0 saturated carbocycles. The Morgan fingerprint density at radius 1 is 1.31 bits per heavy atom. The molecule has 2 heterocycles. The zero-order valence-corrected chi connectivity index (χ0v) is 15.9. The molecule has 0 bridgehead atoms. The number of carbonyl (C=O) groups excluding carboxylic acids is 2. The van der Waals surface area contributed by atoms with Gasteiger partial charge in [-0.05, 0) is 43.5 Å². The van der Waals surface area contributed by atoms with Gasteiger partial charge < -0.3 is 25.0 Å². The van der Waals surface area contributed by atoms with Crippen LogP contribution >= 0.6 is 0 Å². The topological polar surface area (TPSA) is 120 Å². The van der Waals surface area contributed by atoms with Crippen LogP contribution in [0.15, 0.2) is 36.5 Å². The summed E-state index contributed by atoms with van der Waals surface area (Å²) in [6.45, 7) is 0.154. The summed E-state index contributed by atoms with van der Waals surface area (Å²) < 4.78 is 5.77. The minimum atomic E-state index is -1.24.